The number of halogens is 4. The minimum atomic E-state index is -4.47. The summed E-state index contributed by atoms with van der Waals surface area (Å²) in [6, 6.07) is 10.7. The van der Waals surface area contributed by atoms with Crippen LogP contribution in [0.2, 0.25) is 0 Å². The van der Waals surface area contributed by atoms with Crippen LogP contribution in [0.1, 0.15) is 43.4 Å². The highest BCUT2D eigenvalue weighted by Crippen LogP contribution is 2.57. The summed E-state index contributed by atoms with van der Waals surface area (Å²) in [6.45, 7) is 3.77. The smallest absolute Gasteiger partial charge is 0.384 e. The average Bonchev–Trinajstić information content (AvgIpc) is 3.49. The Balaban J connectivity index is 1.45. The number of thioether (sulfide) groups is 1. The van der Waals surface area contributed by atoms with E-state index >= 15 is 0 Å². The van der Waals surface area contributed by atoms with Gasteiger partial charge in [0.1, 0.15) is 23.1 Å². The van der Waals surface area contributed by atoms with E-state index < -0.39 is 34.3 Å². The number of fused-ring (bicyclic) bond motifs is 3. The molecule has 1 atom stereocenters. The molecule has 3 aliphatic rings. The number of alkyl halides is 3. The third-order valence-electron chi connectivity index (χ3n) is 7.66. The predicted octanol–water partition coefficient (Wildman–Crippen LogP) is 6.04. The lowest BCUT2D eigenvalue weighted by molar-refractivity contribution is -0.137. The quantitative estimate of drug-likeness (QED) is 0.266. The van der Waals surface area contributed by atoms with Crippen molar-refractivity contribution in [2.24, 2.45) is 11.1 Å². The molecule has 2 aromatic carbocycles. The first-order valence-corrected chi connectivity index (χ1v) is 14.8. The first kappa shape index (κ1) is 28.9. The number of nitrogens with one attached hydrogen (secondary N) is 1. The first-order valence-electron chi connectivity index (χ1n) is 13.0. The van der Waals surface area contributed by atoms with Crippen LogP contribution in [0.15, 0.2) is 69.5 Å². The van der Waals surface area contributed by atoms with Crippen molar-refractivity contribution in [3.05, 3.63) is 87.6 Å². The molecule has 220 valence electrons. The van der Waals surface area contributed by atoms with Gasteiger partial charge < -0.3 is 11.1 Å². The second-order valence-corrected chi connectivity index (χ2v) is 13.4. The zero-order valence-corrected chi connectivity index (χ0v) is 24.3. The van der Waals surface area contributed by atoms with Gasteiger partial charge in [0.15, 0.2) is 10.1 Å². The lowest BCUT2D eigenvalue weighted by Crippen LogP contribution is -2.52. The molecular formula is C29H22F4N6O2S2. The molecule has 14 heteroatoms. The summed E-state index contributed by atoms with van der Waals surface area (Å²) < 4.78 is 54.4. The van der Waals surface area contributed by atoms with E-state index in [4.69, 9.17) is 5.73 Å². The Hall–Kier alpha value is -4.22. The standard InChI is InChI=1S/C29H22F4N6O2S2/c1-27(2)10-20-22(21(40)11-27)28(17-9-16(30)6-7-19(17)36-24(28)41)18(12-34)23(35)39(20)25-37-38-26(43-25)42-13-14-4-3-5-15(8-14)29(31,32)33/h3-9H,10-11,13,35H2,1-2H3,(H,36,41). The summed E-state index contributed by atoms with van der Waals surface area (Å²) >= 11 is 2.24. The van der Waals surface area contributed by atoms with E-state index in [9.17, 15) is 32.4 Å². The van der Waals surface area contributed by atoms with Crippen molar-refractivity contribution in [1.29, 1.82) is 5.26 Å². The van der Waals surface area contributed by atoms with Crippen molar-refractivity contribution in [1.82, 2.24) is 10.2 Å². The summed E-state index contributed by atoms with van der Waals surface area (Å²) in [5.41, 5.74) is 4.38. The van der Waals surface area contributed by atoms with Gasteiger partial charge in [-0.05, 0) is 41.7 Å². The van der Waals surface area contributed by atoms with Crippen LogP contribution in [0.5, 0.6) is 0 Å². The zero-order valence-electron chi connectivity index (χ0n) is 22.7. The fraction of sp³-hybridized carbons (Fsp3) is 0.276. The molecule has 1 unspecified atom stereocenters. The van der Waals surface area contributed by atoms with Gasteiger partial charge in [-0.25, -0.2) is 4.39 Å². The second-order valence-electron chi connectivity index (χ2n) is 11.2. The van der Waals surface area contributed by atoms with Gasteiger partial charge in [0.2, 0.25) is 11.0 Å². The van der Waals surface area contributed by atoms with Crippen molar-refractivity contribution >= 4 is 45.6 Å². The molecule has 8 nitrogen and oxygen atoms in total. The zero-order chi connectivity index (χ0) is 30.9. The van der Waals surface area contributed by atoms with E-state index in [0.29, 0.717) is 15.6 Å². The molecule has 6 rings (SSSR count). The van der Waals surface area contributed by atoms with Gasteiger partial charge in [0.25, 0.3) is 0 Å². The van der Waals surface area contributed by atoms with Crippen LogP contribution in [0.25, 0.3) is 0 Å². The summed E-state index contributed by atoms with van der Waals surface area (Å²) in [5, 5.41) is 21.7. The fourth-order valence-corrected chi connectivity index (χ4v) is 7.77. The molecule has 43 heavy (non-hydrogen) atoms. The number of amides is 1. The van der Waals surface area contributed by atoms with E-state index in [1.807, 2.05) is 19.9 Å². The molecule has 3 N–H and O–H groups in total. The Bertz CT molecular complexity index is 1820. The maximum atomic E-state index is 14.6. The van der Waals surface area contributed by atoms with Crippen molar-refractivity contribution in [3.8, 4) is 6.07 Å². The number of rotatable bonds is 4. The Kier molecular flexibility index (Phi) is 6.66. The molecule has 0 saturated carbocycles. The number of hydrogen-bond acceptors (Lipinski definition) is 9. The van der Waals surface area contributed by atoms with Gasteiger partial charge in [-0.15, -0.1) is 10.2 Å². The molecule has 1 spiro atoms. The van der Waals surface area contributed by atoms with Crippen LogP contribution >= 0.6 is 23.1 Å². The number of ketones is 1. The van der Waals surface area contributed by atoms with E-state index in [2.05, 4.69) is 15.5 Å². The molecule has 0 saturated heterocycles. The Labute approximate surface area is 251 Å². The van der Waals surface area contributed by atoms with Crippen LogP contribution in [0, 0.1) is 22.6 Å². The Morgan fingerprint density at radius 1 is 1.16 bits per heavy atom. The SMILES string of the molecule is CC1(C)CC(=O)C2=C(C1)N(c1nnc(SCc3cccc(C(F)(F)F)c3)s1)C(N)=C(C#N)C21C(=O)Nc2ccc(F)cc21. The largest absolute Gasteiger partial charge is 0.416 e. The lowest BCUT2D eigenvalue weighted by Gasteiger charge is -2.45. The number of aromatic nitrogens is 2. The number of allylic oxidation sites excluding steroid dienone is 1. The number of carbonyl (C=O) groups is 2. The van der Waals surface area contributed by atoms with Crippen LogP contribution in [-0.2, 0) is 26.9 Å². The Morgan fingerprint density at radius 2 is 1.93 bits per heavy atom. The van der Waals surface area contributed by atoms with Gasteiger partial charge in [0.05, 0.1) is 11.1 Å². The van der Waals surface area contributed by atoms with Crippen molar-refractivity contribution in [2.45, 2.75) is 48.4 Å². The summed E-state index contributed by atoms with van der Waals surface area (Å²) in [6.07, 6.45) is -4.12. The average molecular weight is 627 g/mol. The number of nitriles is 1. The van der Waals surface area contributed by atoms with E-state index in [1.165, 1.54) is 34.9 Å². The summed E-state index contributed by atoms with van der Waals surface area (Å²) in [4.78, 5) is 29.1. The van der Waals surface area contributed by atoms with E-state index in [1.54, 1.807) is 6.07 Å². The first-order chi connectivity index (χ1) is 20.3. The molecule has 1 amide bonds. The predicted molar refractivity (Wildman–Crippen MR) is 152 cm³/mol. The van der Waals surface area contributed by atoms with Gasteiger partial charge >= 0.3 is 6.18 Å². The third-order valence-corrected chi connectivity index (χ3v) is 9.77. The maximum Gasteiger partial charge on any atom is 0.416 e. The second kappa shape index (κ2) is 9.92. The number of benzene rings is 2. The monoisotopic (exact) mass is 626 g/mol. The highest BCUT2D eigenvalue weighted by Gasteiger charge is 2.61. The van der Waals surface area contributed by atoms with Gasteiger partial charge in [0, 0.05) is 34.7 Å². The summed E-state index contributed by atoms with van der Waals surface area (Å²) in [7, 11) is 0. The topological polar surface area (TPSA) is 125 Å². The molecule has 2 aliphatic heterocycles. The fourth-order valence-electron chi connectivity index (χ4n) is 5.94. The van der Waals surface area contributed by atoms with Crippen LogP contribution in [0.3, 0.4) is 0 Å². The highest BCUT2D eigenvalue weighted by molar-refractivity contribution is 8.00. The third kappa shape index (κ3) is 4.58. The van der Waals surface area contributed by atoms with Gasteiger partial charge in [-0.1, -0.05) is 55.1 Å². The van der Waals surface area contributed by atoms with Gasteiger partial charge in [-0.3, -0.25) is 14.5 Å². The minimum Gasteiger partial charge on any atom is -0.384 e. The highest BCUT2D eigenvalue weighted by atomic mass is 32.2. The summed E-state index contributed by atoms with van der Waals surface area (Å²) in [5.74, 6) is -1.68. The van der Waals surface area contributed by atoms with Crippen molar-refractivity contribution < 1.29 is 27.2 Å². The van der Waals surface area contributed by atoms with Crippen LogP contribution in [-0.4, -0.2) is 21.9 Å². The molecule has 1 aromatic heterocycles. The maximum absolute atomic E-state index is 14.6. The number of carbonyl (C=O) groups excluding carboxylic acids is 2. The van der Waals surface area contributed by atoms with Gasteiger partial charge in [-0.2, -0.15) is 18.4 Å². The van der Waals surface area contributed by atoms with E-state index in [-0.39, 0.29) is 57.7 Å². The molecule has 3 heterocycles. The molecule has 1 aliphatic carbocycles. The number of nitrogens with zero attached hydrogens (tertiary/aromatic N) is 4. The molecule has 3 aromatic rings. The van der Waals surface area contributed by atoms with Crippen LogP contribution < -0.4 is 16.0 Å². The number of Topliss-reactive ketones (excluding diaryl/α,β-unsaturated/α-hetero) is 1. The number of anilines is 2. The number of hydrogen-bond donors (Lipinski definition) is 2. The Morgan fingerprint density at radius 3 is 2.65 bits per heavy atom. The normalized spacial score (nSPS) is 21.2. The van der Waals surface area contributed by atoms with Crippen molar-refractivity contribution in [2.75, 3.05) is 10.2 Å². The lowest BCUT2D eigenvalue weighted by atomic mass is 9.61. The van der Waals surface area contributed by atoms with E-state index in [0.717, 1.165) is 29.5 Å². The van der Waals surface area contributed by atoms with Crippen molar-refractivity contribution in [3.63, 3.8) is 0 Å². The molecule has 0 bridgehead atoms. The minimum absolute atomic E-state index is 0.0350. The molecule has 0 fully saturated rings. The molecular weight excluding hydrogens is 604 g/mol. The van der Waals surface area contributed by atoms with Crippen LogP contribution in [0.4, 0.5) is 28.4 Å². The number of nitrogens with two attached hydrogens (primary N) is 1. The molecule has 0 radical (unpaired) electrons.